The Morgan fingerprint density at radius 2 is 1.77 bits per heavy atom. The van der Waals surface area contributed by atoms with Crippen molar-refractivity contribution in [2.45, 2.75) is 9.96 Å². The largest absolute Gasteiger partial charge is 0.339 e. The van der Waals surface area contributed by atoms with Crippen molar-refractivity contribution in [3.05, 3.63) is 62.1 Å². The van der Waals surface area contributed by atoms with E-state index in [0.29, 0.717) is 5.56 Å². The molecule has 0 bridgehead atoms. The molecule has 26 heavy (non-hydrogen) atoms. The van der Waals surface area contributed by atoms with Gasteiger partial charge >= 0.3 is 0 Å². The second kappa shape index (κ2) is 9.75. The minimum Gasteiger partial charge on any atom is -0.339 e. The molecule has 10 heteroatoms. The Labute approximate surface area is 193 Å². The summed E-state index contributed by atoms with van der Waals surface area (Å²) in [4.78, 5) is 12.4. The van der Waals surface area contributed by atoms with Crippen LogP contribution in [0.4, 0.5) is 5.69 Å². The van der Waals surface area contributed by atoms with Gasteiger partial charge in [0.05, 0.1) is 0 Å². The highest BCUT2D eigenvalue weighted by atomic mass is 127. The van der Waals surface area contributed by atoms with Crippen molar-refractivity contribution in [1.29, 1.82) is 0 Å². The number of benzene rings is 2. The monoisotopic (exact) mass is 605 g/mol. The molecule has 2 aromatic rings. The topological polar surface area (TPSA) is 53.2 Å². The molecule has 0 aliphatic rings. The molecule has 0 heterocycles. The van der Waals surface area contributed by atoms with E-state index in [1.54, 1.807) is 18.2 Å². The molecule has 0 aromatic heterocycles. The maximum absolute atomic E-state index is 12.4. The van der Waals surface area contributed by atoms with Crippen LogP contribution in [-0.4, -0.2) is 21.0 Å². The van der Waals surface area contributed by atoms with Crippen LogP contribution in [0.3, 0.4) is 0 Å². The summed E-state index contributed by atoms with van der Waals surface area (Å²) >= 11 is 28.7. The minimum absolute atomic E-state index is 0.206. The summed E-state index contributed by atoms with van der Waals surface area (Å²) in [6.07, 6.45) is -1.04. The Morgan fingerprint density at radius 3 is 2.35 bits per heavy atom. The van der Waals surface area contributed by atoms with Crippen LogP contribution in [0.1, 0.15) is 10.4 Å². The molecular weight excluding hydrogens is 595 g/mol. The van der Waals surface area contributed by atoms with Crippen LogP contribution in [0.5, 0.6) is 0 Å². The van der Waals surface area contributed by atoms with Gasteiger partial charge in [-0.25, -0.2) is 0 Å². The lowest BCUT2D eigenvalue weighted by molar-refractivity contribution is 0.0934. The Bertz CT molecular complexity index is 802. The fraction of sp³-hybridized carbons (Fsp3) is 0.125. The molecule has 2 aromatic carbocycles. The summed E-state index contributed by atoms with van der Waals surface area (Å²) in [5.74, 6) is -0.410. The lowest BCUT2D eigenvalue weighted by Gasteiger charge is -2.27. The molecule has 1 unspecified atom stereocenters. The number of carbonyl (C=O) groups is 1. The number of rotatable bonds is 4. The Balaban J connectivity index is 2.06. The van der Waals surface area contributed by atoms with Crippen molar-refractivity contribution in [3.63, 3.8) is 0 Å². The second-order valence-corrected chi connectivity index (χ2v) is 10.0. The first-order valence-corrected chi connectivity index (χ1v) is 10.5. The van der Waals surface area contributed by atoms with Crippen molar-refractivity contribution in [2.75, 3.05) is 5.32 Å². The zero-order valence-electron chi connectivity index (χ0n) is 12.9. The van der Waals surface area contributed by atoms with Crippen molar-refractivity contribution in [3.8, 4) is 0 Å². The van der Waals surface area contributed by atoms with E-state index in [2.05, 4.69) is 54.5 Å². The third-order valence-electron chi connectivity index (χ3n) is 3.07. The molecule has 2 rings (SSSR count). The average Bonchev–Trinajstić information content (AvgIpc) is 2.55. The van der Waals surface area contributed by atoms with Crippen LogP contribution in [0.2, 0.25) is 0 Å². The van der Waals surface area contributed by atoms with Crippen LogP contribution in [0.15, 0.2) is 53.0 Å². The van der Waals surface area contributed by atoms with Crippen LogP contribution >= 0.6 is 85.5 Å². The van der Waals surface area contributed by atoms with Gasteiger partial charge in [0.1, 0.15) is 6.17 Å². The van der Waals surface area contributed by atoms with E-state index in [9.17, 15) is 4.79 Å². The molecule has 4 nitrogen and oxygen atoms in total. The van der Waals surface area contributed by atoms with Crippen molar-refractivity contribution >= 4 is 102 Å². The maximum atomic E-state index is 12.4. The van der Waals surface area contributed by atoms with Gasteiger partial charge in [0, 0.05) is 19.3 Å². The van der Waals surface area contributed by atoms with E-state index in [1.807, 2.05) is 30.3 Å². The minimum atomic E-state index is -1.82. The van der Waals surface area contributed by atoms with Gasteiger partial charge in [-0.05, 0) is 77.3 Å². The van der Waals surface area contributed by atoms with Gasteiger partial charge in [-0.3, -0.25) is 4.79 Å². The molecule has 0 radical (unpaired) electrons. The maximum Gasteiger partial charge on any atom is 0.253 e. The van der Waals surface area contributed by atoms with Crippen LogP contribution in [0, 0.1) is 3.57 Å². The Kier molecular flexibility index (Phi) is 8.24. The van der Waals surface area contributed by atoms with Crippen LogP contribution in [-0.2, 0) is 0 Å². The summed E-state index contributed by atoms with van der Waals surface area (Å²) < 4.78 is 0.0337. The van der Waals surface area contributed by atoms with Gasteiger partial charge in [-0.2, -0.15) is 0 Å². The van der Waals surface area contributed by atoms with E-state index in [4.69, 9.17) is 47.0 Å². The van der Waals surface area contributed by atoms with Gasteiger partial charge in [0.2, 0.25) is 3.79 Å². The summed E-state index contributed by atoms with van der Waals surface area (Å²) in [6.45, 7) is 0. The zero-order chi connectivity index (χ0) is 19.3. The fourth-order valence-electron chi connectivity index (χ4n) is 1.88. The van der Waals surface area contributed by atoms with Gasteiger partial charge in [0.15, 0.2) is 5.11 Å². The van der Waals surface area contributed by atoms with Gasteiger partial charge in [0.25, 0.3) is 5.91 Å². The third-order valence-corrected chi connectivity index (χ3v) is 5.15. The number of hydrogen-bond donors (Lipinski definition) is 3. The van der Waals surface area contributed by atoms with E-state index in [-0.39, 0.29) is 5.11 Å². The number of amides is 1. The number of carbonyl (C=O) groups excluding carboxylic acids is 1. The molecule has 1 atom stereocenters. The first-order chi connectivity index (χ1) is 12.1. The smallest absolute Gasteiger partial charge is 0.253 e. The molecule has 1 amide bonds. The normalized spacial score (nSPS) is 12.2. The number of nitrogens with one attached hydrogen (secondary N) is 3. The fourth-order valence-corrected chi connectivity index (χ4v) is 3.20. The molecule has 0 saturated heterocycles. The van der Waals surface area contributed by atoms with Crippen molar-refractivity contribution < 1.29 is 4.79 Å². The number of thiocarbonyl (C=S) groups is 1. The van der Waals surface area contributed by atoms with Crippen LogP contribution in [0.25, 0.3) is 0 Å². The predicted octanol–water partition coefficient (Wildman–Crippen LogP) is 5.47. The summed E-state index contributed by atoms with van der Waals surface area (Å²) in [6, 6.07) is 14.4. The molecule has 138 valence electrons. The molecule has 3 N–H and O–H groups in total. The Hall–Kier alpha value is -0.320. The van der Waals surface area contributed by atoms with E-state index < -0.39 is 15.9 Å². The number of anilines is 1. The molecule has 0 aliphatic carbocycles. The summed E-state index contributed by atoms with van der Waals surface area (Å²) in [5, 5.41) is 8.63. The molecule has 0 saturated carbocycles. The number of alkyl halides is 3. The standard InChI is InChI=1S/C16H12BrCl3IN3OS/c17-10-3-1-2-9(8-10)13(25)23-14(16(18,19)20)24-15(26)22-12-6-4-11(21)5-7-12/h1-8,14H,(H,23,25)(H2,22,24,26). The molecule has 0 spiro atoms. The van der Waals surface area contributed by atoms with Gasteiger partial charge < -0.3 is 16.0 Å². The van der Waals surface area contributed by atoms with E-state index >= 15 is 0 Å². The highest BCUT2D eigenvalue weighted by molar-refractivity contribution is 14.1. The van der Waals surface area contributed by atoms with Crippen molar-refractivity contribution in [2.24, 2.45) is 0 Å². The highest BCUT2D eigenvalue weighted by Gasteiger charge is 2.34. The molecule has 0 fully saturated rings. The quantitative estimate of drug-likeness (QED) is 0.187. The third kappa shape index (κ3) is 7.01. The summed E-state index contributed by atoms with van der Waals surface area (Å²) in [7, 11) is 0. The predicted molar refractivity (Wildman–Crippen MR) is 124 cm³/mol. The number of hydrogen-bond acceptors (Lipinski definition) is 2. The zero-order valence-corrected chi connectivity index (χ0v) is 19.7. The molecule has 0 aliphatic heterocycles. The van der Waals surface area contributed by atoms with Gasteiger partial charge in [-0.1, -0.05) is 56.8 Å². The second-order valence-electron chi connectivity index (χ2n) is 5.06. The lowest BCUT2D eigenvalue weighted by Crippen LogP contribution is -2.56. The van der Waals surface area contributed by atoms with Gasteiger partial charge in [-0.15, -0.1) is 0 Å². The summed E-state index contributed by atoms with van der Waals surface area (Å²) in [5.41, 5.74) is 1.18. The lowest BCUT2D eigenvalue weighted by atomic mass is 10.2. The van der Waals surface area contributed by atoms with Crippen molar-refractivity contribution in [1.82, 2.24) is 10.6 Å². The van der Waals surface area contributed by atoms with E-state index in [0.717, 1.165) is 13.7 Å². The Morgan fingerprint density at radius 1 is 1.12 bits per heavy atom. The highest BCUT2D eigenvalue weighted by Crippen LogP contribution is 2.29. The SMILES string of the molecule is O=C(NC(NC(=S)Nc1ccc(I)cc1)C(Cl)(Cl)Cl)c1cccc(Br)c1. The first-order valence-electron chi connectivity index (χ1n) is 7.11. The first kappa shape index (κ1) is 22.0. The van der Waals surface area contributed by atoms with Crippen LogP contribution < -0.4 is 16.0 Å². The average molecular weight is 608 g/mol. The number of halogens is 5. The molecular formula is C16H12BrCl3IN3OS. The van der Waals surface area contributed by atoms with E-state index in [1.165, 1.54) is 0 Å².